The summed E-state index contributed by atoms with van der Waals surface area (Å²) in [6.07, 6.45) is 5.05. The number of aromatic nitrogens is 2. The Kier molecular flexibility index (Phi) is 5.48. The van der Waals surface area contributed by atoms with Gasteiger partial charge in [0.05, 0.1) is 0 Å². The van der Waals surface area contributed by atoms with Gasteiger partial charge >= 0.3 is 0 Å². The van der Waals surface area contributed by atoms with E-state index in [1.54, 1.807) is 48.9 Å². The van der Waals surface area contributed by atoms with Gasteiger partial charge in [0.15, 0.2) is 0 Å². The minimum Gasteiger partial charge on any atom is -0.381 e. The molecule has 3 aromatic rings. The van der Waals surface area contributed by atoms with Crippen LogP contribution >= 0.6 is 23.2 Å². The maximum absolute atomic E-state index is 12.4. The smallest absolute Gasteiger partial charge is 0.274 e. The van der Waals surface area contributed by atoms with E-state index in [0.717, 1.165) is 11.3 Å². The number of pyridine rings is 2. The van der Waals surface area contributed by atoms with Crippen LogP contribution in [0.25, 0.3) is 0 Å². The minimum atomic E-state index is -0.342. The summed E-state index contributed by atoms with van der Waals surface area (Å²) >= 11 is 11.9. The molecule has 2 aromatic heterocycles. The molecule has 0 saturated heterocycles. The lowest BCUT2D eigenvalue weighted by molar-refractivity contribution is 0.102. The van der Waals surface area contributed by atoms with Crippen LogP contribution in [0.2, 0.25) is 10.0 Å². The van der Waals surface area contributed by atoms with E-state index in [2.05, 4.69) is 20.6 Å². The predicted octanol–water partition coefficient (Wildman–Crippen LogP) is 4.65. The van der Waals surface area contributed by atoms with Crippen molar-refractivity contribution in [3.8, 4) is 0 Å². The molecule has 3 rings (SSSR count). The molecule has 0 atom stereocenters. The number of halogens is 2. The highest BCUT2D eigenvalue weighted by molar-refractivity contribution is 6.35. The fourth-order valence-corrected chi connectivity index (χ4v) is 2.72. The van der Waals surface area contributed by atoms with E-state index >= 15 is 0 Å². The molecule has 2 N–H and O–H groups in total. The Hall–Kier alpha value is -2.63. The van der Waals surface area contributed by atoms with E-state index < -0.39 is 0 Å². The first kappa shape index (κ1) is 17.2. The average molecular weight is 373 g/mol. The first-order chi connectivity index (χ1) is 12.1. The Morgan fingerprint density at radius 2 is 1.64 bits per heavy atom. The van der Waals surface area contributed by atoms with Gasteiger partial charge in [-0.15, -0.1) is 0 Å². The van der Waals surface area contributed by atoms with Gasteiger partial charge in [-0.25, -0.2) is 0 Å². The van der Waals surface area contributed by atoms with Crippen molar-refractivity contribution in [2.24, 2.45) is 0 Å². The molecule has 1 aromatic carbocycles. The lowest BCUT2D eigenvalue weighted by Gasteiger charge is -2.09. The zero-order valence-electron chi connectivity index (χ0n) is 13.0. The predicted molar refractivity (Wildman–Crippen MR) is 100 cm³/mol. The van der Waals surface area contributed by atoms with Crippen molar-refractivity contribution in [3.63, 3.8) is 0 Å². The fourth-order valence-electron chi connectivity index (χ4n) is 2.19. The second-order valence-corrected chi connectivity index (χ2v) is 6.12. The molecule has 0 aliphatic carbocycles. The number of anilines is 2. The SMILES string of the molecule is O=C(Nc1cc(Cl)cc(Cl)c1)c1cc(NCc2ccncc2)ccn1. The van der Waals surface area contributed by atoms with E-state index in [1.165, 1.54) is 0 Å². The molecule has 2 heterocycles. The zero-order chi connectivity index (χ0) is 17.6. The molecule has 25 heavy (non-hydrogen) atoms. The molecular formula is C18H14Cl2N4O. The fraction of sp³-hybridized carbons (Fsp3) is 0.0556. The van der Waals surface area contributed by atoms with Gasteiger partial charge in [-0.2, -0.15) is 0 Å². The molecule has 0 fully saturated rings. The summed E-state index contributed by atoms with van der Waals surface area (Å²) < 4.78 is 0. The molecule has 0 radical (unpaired) electrons. The summed E-state index contributed by atoms with van der Waals surface area (Å²) in [7, 11) is 0. The summed E-state index contributed by atoms with van der Waals surface area (Å²) in [6.45, 7) is 0.623. The number of nitrogens with one attached hydrogen (secondary N) is 2. The largest absolute Gasteiger partial charge is 0.381 e. The molecule has 1 amide bonds. The Morgan fingerprint density at radius 1 is 0.920 bits per heavy atom. The number of benzene rings is 1. The molecule has 0 spiro atoms. The van der Waals surface area contributed by atoms with Crippen molar-refractivity contribution in [1.29, 1.82) is 0 Å². The number of nitrogens with zero attached hydrogens (tertiary/aromatic N) is 2. The third-order valence-corrected chi connectivity index (χ3v) is 3.80. The standard InChI is InChI=1S/C18H14Cl2N4O/c19-13-7-14(20)9-16(8-13)24-18(25)17-10-15(3-6-22-17)23-11-12-1-4-21-5-2-12/h1-10H,11H2,(H,22,23)(H,24,25). The van der Waals surface area contributed by atoms with Crippen molar-refractivity contribution in [1.82, 2.24) is 9.97 Å². The van der Waals surface area contributed by atoms with Gasteiger partial charge in [0.2, 0.25) is 0 Å². The van der Waals surface area contributed by atoms with Gasteiger partial charge in [0.1, 0.15) is 5.69 Å². The van der Waals surface area contributed by atoms with Crippen molar-refractivity contribution in [2.75, 3.05) is 10.6 Å². The Bertz CT molecular complexity index is 867. The molecule has 0 unspecified atom stereocenters. The van der Waals surface area contributed by atoms with Crippen molar-refractivity contribution >= 4 is 40.5 Å². The Labute approximate surface area is 155 Å². The Balaban J connectivity index is 1.68. The second kappa shape index (κ2) is 7.96. The summed E-state index contributed by atoms with van der Waals surface area (Å²) in [4.78, 5) is 20.5. The van der Waals surface area contributed by atoms with Crippen molar-refractivity contribution in [3.05, 3.63) is 82.4 Å². The maximum atomic E-state index is 12.4. The van der Waals surface area contributed by atoms with Gasteiger partial charge in [0, 0.05) is 46.6 Å². The molecule has 0 bridgehead atoms. The van der Waals surface area contributed by atoms with Crippen LogP contribution in [0.1, 0.15) is 16.1 Å². The number of hydrogen-bond donors (Lipinski definition) is 2. The average Bonchev–Trinajstić information content (AvgIpc) is 2.60. The van der Waals surface area contributed by atoms with Crippen LogP contribution in [0.3, 0.4) is 0 Å². The first-order valence-electron chi connectivity index (χ1n) is 7.46. The molecular weight excluding hydrogens is 359 g/mol. The van der Waals surface area contributed by atoms with E-state index in [0.29, 0.717) is 22.3 Å². The molecule has 7 heteroatoms. The van der Waals surface area contributed by atoms with Gasteiger partial charge < -0.3 is 10.6 Å². The van der Waals surface area contributed by atoms with Crippen LogP contribution in [0.15, 0.2) is 61.1 Å². The molecule has 0 saturated carbocycles. The van der Waals surface area contributed by atoms with Gasteiger partial charge in [0.25, 0.3) is 5.91 Å². The number of hydrogen-bond acceptors (Lipinski definition) is 4. The number of carbonyl (C=O) groups is 1. The van der Waals surface area contributed by atoms with Gasteiger partial charge in [-0.1, -0.05) is 23.2 Å². The molecule has 0 aliphatic heterocycles. The zero-order valence-corrected chi connectivity index (χ0v) is 14.6. The topological polar surface area (TPSA) is 66.9 Å². The van der Waals surface area contributed by atoms with Crippen LogP contribution in [-0.2, 0) is 6.54 Å². The third-order valence-electron chi connectivity index (χ3n) is 3.36. The molecule has 126 valence electrons. The van der Waals surface area contributed by atoms with Crippen LogP contribution in [0.5, 0.6) is 0 Å². The lowest BCUT2D eigenvalue weighted by atomic mass is 10.2. The summed E-state index contributed by atoms with van der Waals surface area (Å²) in [5.41, 5.74) is 2.68. The van der Waals surface area contributed by atoms with E-state index in [1.807, 2.05) is 12.1 Å². The normalized spacial score (nSPS) is 10.3. The maximum Gasteiger partial charge on any atom is 0.274 e. The minimum absolute atomic E-state index is 0.288. The first-order valence-corrected chi connectivity index (χ1v) is 8.22. The third kappa shape index (κ3) is 4.92. The summed E-state index contributed by atoms with van der Waals surface area (Å²) in [5, 5.41) is 6.88. The quantitative estimate of drug-likeness (QED) is 0.683. The van der Waals surface area contributed by atoms with Crippen LogP contribution < -0.4 is 10.6 Å². The number of amides is 1. The van der Waals surface area contributed by atoms with Crippen molar-refractivity contribution < 1.29 is 4.79 Å². The van der Waals surface area contributed by atoms with Crippen LogP contribution in [0, 0.1) is 0 Å². The van der Waals surface area contributed by atoms with Crippen molar-refractivity contribution in [2.45, 2.75) is 6.54 Å². The monoisotopic (exact) mass is 372 g/mol. The van der Waals surface area contributed by atoms with E-state index in [9.17, 15) is 4.79 Å². The van der Waals surface area contributed by atoms with Gasteiger partial charge in [-0.05, 0) is 48.0 Å². The van der Waals surface area contributed by atoms with Gasteiger partial charge in [-0.3, -0.25) is 14.8 Å². The second-order valence-electron chi connectivity index (χ2n) is 5.25. The summed E-state index contributed by atoms with van der Waals surface area (Å²) in [6, 6.07) is 12.2. The van der Waals surface area contributed by atoms with E-state index in [-0.39, 0.29) is 11.6 Å². The van der Waals surface area contributed by atoms with Crippen LogP contribution in [0.4, 0.5) is 11.4 Å². The number of carbonyl (C=O) groups excluding carboxylic acids is 1. The highest BCUT2D eigenvalue weighted by Crippen LogP contribution is 2.23. The highest BCUT2D eigenvalue weighted by atomic mass is 35.5. The molecule has 0 aliphatic rings. The van der Waals surface area contributed by atoms with Crippen LogP contribution in [-0.4, -0.2) is 15.9 Å². The molecule has 5 nitrogen and oxygen atoms in total. The summed E-state index contributed by atoms with van der Waals surface area (Å²) in [5.74, 6) is -0.342. The van der Waals surface area contributed by atoms with E-state index in [4.69, 9.17) is 23.2 Å². The Morgan fingerprint density at radius 3 is 2.36 bits per heavy atom. The lowest BCUT2D eigenvalue weighted by Crippen LogP contribution is -2.14. The number of rotatable bonds is 5. The highest BCUT2D eigenvalue weighted by Gasteiger charge is 2.09.